The molecule has 10 nitrogen and oxygen atoms in total. The van der Waals surface area contributed by atoms with E-state index in [9.17, 15) is 27.1 Å². The van der Waals surface area contributed by atoms with Gasteiger partial charge in [0.15, 0.2) is 11.6 Å². The molecule has 1 saturated carbocycles. The molecule has 2 heterocycles. The first-order valence-electron chi connectivity index (χ1n) is 12.1. The minimum atomic E-state index is -4.44. The fraction of sp³-hybridized carbons (Fsp3) is 0.269. The van der Waals surface area contributed by atoms with Gasteiger partial charge in [-0.25, -0.2) is 27.2 Å². The Morgan fingerprint density at radius 1 is 1.08 bits per heavy atom. The molecule has 4 N–H and O–H groups in total. The van der Waals surface area contributed by atoms with E-state index in [0.717, 1.165) is 12.1 Å². The standard InChI is InChI=1S/C26H25F2N5O5S/c1-38-22-11-15(13-30-24(22)32-39(36,37)23-9-3-16(27)12-20(23)28)14-2-8-21-19(10-14)25(35)33(26(29)31-21)17-4-6-18(34)7-5-17/h2-3,8-13,17-18,34H,4-7H2,1H3,(H2,29,31)(H,30,32). The Balaban J connectivity index is 1.50. The Bertz CT molecular complexity index is 1740. The van der Waals surface area contributed by atoms with Crippen LogP contribution in [0.4, 0.5) is 20.5 Å². The van der Waals surface area contributed by atoms with Gasteiger partial charge in [0.1, 0.15) is 16.5 Å². The van der Waals surface area contributed by atoms with Crippen LogP contribution in [0.2, 0.25) is 0 Å². The molecular weight excluding hydrogens is 532 g/mol. The molecule has 204 valence electrons. The quantitative estimate of drug-likeness (QED) is 0.326. The predicted octanol–water partition coefficient (Wildman–Crippen LogP) is 3.60. The van der Waals surface area contributed by atoms with Crippen molar-refractivity contribution in [3.8, 4) is 16.9 Å². The lowest BCUT2D eigenvalue weighted by molar-refractivity contribution is 0.110. The number of nitrogens with zero attached hydrogens (tertiary/aromatic N) is 3. The number of sulfonamides is 1. The highest BCUT2D eigenvalue weighted by molar-refractivity contribution is 7.92. The molecule has 0 spiro atoms. The van der Waals surface area contributed by atoms with Crippen molar-refractivity contribution in [2.45, 2.75) is 42.7 Å². The first kappa shape index (κ1) is 26.5. The van der Waals surface area contributed by atoms with Gasteiger partial charge in [0.05, 0.1) is 24.1 Å². The van der Waals surface area contributed by atoms with Gasteiger partial charge in [-0.15, -0.1) is 0 Å². The molecule has 2 aromatic heterocycles. The number of nitrogen functional groups attached to an aromatic ring is 1. The summed E-state index contributed by atoms with van der Waals surface area (Å²) in [5.41, 5.74) is 7.34. The molecule has 0 amide bonds. The van der Waals surface area contributed by atoms with Crippen molar-refractivity contribution in [3.63, 3.8) is 0 Å². The third-order valence-corrected chi connectivity index (χ3v) is 8.15. The van der Waals surface area contributed by atoms with Gasteiger partial charge in [0, 0.05) is 23.9 Å². The van der Waals surface area contributed by atoms with E-state index >= 15 is 0 Å². The molecular formula is C26H25F2N5O5S. The number of nitrogens with one attached hydrogen (secondary N) is 1. The second-order valence-corrected chi connectivity index (χ2v) is 10.9. The van der Waals surface area contributed by atoms with E-state index in [1.807, 2.05) is 0 Å². The predicted molar refractivity (Wildman–Crippen MR) is 141 cm³/mol. The molecule has 1 aliphatic rings. The van der Waals surface area contributed by atoms with Gasteiger partial charge in [-0.2, -0.15) is 0 Å². The van der Waals surface area contributed by atoms with E-state index in [-0.39, 0.29) is 35.2 Å². The zero-order chi connectivity index (χ0) is 27.9. The van der Waals surface area contributed by atoms with E-state index in [0.29, 0.717) is 53.8 Å². The number of ether oxygens (including phenoxy) is 1. The van der Waals surface area contributed by atoms with Crippen molar-refractivity contribution in [1.29, 1.82) is 0 Å². The van der Waals surface area contributed by atoms with Gasteiger partial charge >= 0.3 is 0 Å². The van der Waals surface area contributed by atoms with Crippen LogP contribution in [-0.2, 0) is 10.0 Å². The summed E-state index contributed by atoms with van der Waals surface area (Å²) in [6, 6.07) is 8.47. The fourth-order valence-corrected chi connectivity index (χ4v) is 5.86. The Labute approximate surface area is 222 Å². The number of fused-ring (bicyclic) bond motifs is 1. The summed E-state index contributed by atoms with van der Waals surface area (Å²) in [6.45, 7) is 0. The normalized spacial score (nSPS) is 17.7. The van der Waals surface area contributed by atoms with E-state index in [4.69, 9.17) is 10.5 Å². The highest BCUT2D eigenvalue weighted by atomic mass is 32.2. The fourth-order valence-electron chi connectivity index (χ4n) is 4.77. The Morgan fingerprint density at radius 2 is 1.82 bits per heavy atom. The van der Waals surface area contributed by atoms with Gasteiger partial charge in [-0.1, -0.05) is 6.07 Å². The molecule has 0 saturated heterocycles. The summed E-state index contributed by atoms with van der Waals surface area (Å²) in [5.74, 6) is -2.23. The number of halogens is 2. The molecule has 13 heteroatoms. The van der Waals surface area contributed by atoms with Crippen LogP contribution in [0.15, 0.2) is 58.4 Å². The number of rotatable bonds is 6. The van der Waals surface area contributed by atoms with Gasteiger partial charge in [0.25, 0.3) is 15.6 Å². The number of nitrogens with two attached hydrogens (primary N) is 1. The molecule has 0 aliphatic heterocycles. The largest absolute Gasteiger partial charge is 0.493 e. The maximum Gasteiger partial charge on any atom is 0.266 e. The third kappa shape index (κ3) is 5.14. The first-order valence-corrected chi connectivity index (χ1v) is 13.6. The second kappa shape index (κ2) is 10.2. The maximum absolute atomic E-state index is 14.1. The molecule has 0 atom stereocenters. The summed E-state index contributed by atoms with van der Waals surface area (Å²) < 4.78 is 61.7. The lowest BCUT2D eigenvalue weighted by atomic mass is 9.93. The SMILES string of the molecule is COc1cc(-c2ccc3nc(N)n(C4CCC(O)CC4)c(=O)c3c2)cnc1NS(=O)(=O)c1ccc(F)cc1F. The van der Waals surface area contributed by atoms with Crippen molar-refractivity contribution >= 4 is 32.7 Å². The van der Waals surface area contributed by atoms with Gasteiger partial charge in [-0.05, 0) is 61.6 Å². The van der Waals surface area contributed by atoms with Crippen molar-refractivity contribution in [1.82, 2.24) is 14.5 Å². The number of methoxy groups -OCH3 is 1. The minimum absolute atomic E-state index is 0.0345. The topological polar surface area (TPSA) is 149 Å². The molecule has 39 heavy (non-hydrogen) atoms. The van der Waals surface area contributed by atoms with Crippen LogP contribution in [0.5, 0.6) is 5.75 Å². The number of hydrogen-bond donors (Lipinski definition) is 3. The first-order chi connectivity index (χ1) is 18.6. The number of pyridine rings is 1. The zero-order valence-corrected chi connectivity index (χ0v) is 21.6. The summed E-state index contributed by atoms with van der Waals surface area (Å²) in [5, 5.41) is 10.2. The molecule has 2 aromatic carbocycles. The lowest BCUT2D eigenvalue weighted by Crippen LogP contribution is -2.31. The molecule has 1 aliphatic carbocycles. The Hall–Kier alpha value is -4.10. The highest BCUT2D eigenvalue weighted by Crippen LogP contribution is 2.33. The van der Waals surface area contributed by atoms with Crippen LogP contribution in [0.25, 0.3) is 22.0 Å². The molecule has 5 rings (SSSR count). The van der Waals surface area contributed by atoms with Crippen LogP contribution in [-0.4, -0.2) is 41.3 Å². The maximum atomic E-state index is 14.1. The monoisotopic (exact) mass is 557 g/mol. The van der Waals surface area contributed by atoms with E-state index < -0.39 is 26.6 Å². The van der Waals surface area contributed by atoms with Gasteiger partial charge < -0.3 is 15.6 Å². The van der Waals surface area contributed by atoms with Crippen LogP contribution in [0.1, 0.15) is 31.7 Å². The van der Waals surface area contributed by atoms with Crippen molar-refractivity contribution in [2.24, 2.45) is 0 Å². The highest BCUT2D eigenvalue weighted by Gasteiger charge is 2.25. The number of aliphatic hydroxyl groups is 1. The van der Waals surface area contributed by atoms with Crippen LogP contribution < -0.4 is 20.8 Å². The molecule has 0 unspecified atom stereocenters. The Kier molecular flexibility index (Phi) is 6.95. The van der Waals surface area contributed by atoms with Crippen molar-refractivity contribution in [3.05, 3.63) is 70.6 Å². The number of hydrogen-bond acceptors (Lipinski definition) is 8. The molecule has 0 bridgehead atoms. The van der Waals surface area contributed by atoms with Crippen molar-refractivity contribution < 1.29 is 27.0 Å². The molecule has 4 aromatic rings. The zero-order valence-electron chi connectivity index (χ0n) is 20.8. The number of aliphatic hydroxyl groups excluding tert-OH is 1. The summed E-state index contributed by atoms with van der Waals surface area (Å²) in [4.78, 5) is 21.2. The minimum Gasteiger partial charge on any atom is -0.493 e. The van der Waals surface area contributed by atoms with Crippen LogP contribution >= 0.6 is 0 Å². The average molecular weight is 558 g/mol. The number of aromatic nitrogens is 3. The third-order valence-electron chi connectivity index (χ3n) is 6.78. The van der Waals surface area contributed by atoms with Crippen LogP contribution in [0, 0.1) is 11.6 Å². The Morgan fingerprint density at radius 3 is 2.51 bits per heavy atom. The van der Waals surface area contributed by atoms with E-state index in [1.165, 1.54) is 23.9 Å². The lowest BCUT2D eigenvalue weighted by Gasteiger charge is -2.28. The van der Waals surface area contributed by atoms with Gasteiger partial charge in [-0.3, -0.25) is 14.1 Å². The van der Waals surface area contributed by atoms with Crippen molar-refractivity contribution in [2.75, 3.05) is 17.6 Å². The summed E-state index contributed by atoms with van der Waals surface area (Å²) >= 11 is 0. The molecule has 1 fully saturated rings. The second-order valence-electron chi connectivity index (χ2n) is 9.29. The van der Waals surface area contributed by atoms with Crippen LogP contribution in [0.3, 0.4) is 0 Å². The molecule has 0 radical (unpaired) electrons. The average Bonchev–Trinajstić information content (AvgIpc) is 2.89. The summed E-state index contributed by atoms with van der Waals surface area (Å²) in [7, 11) is -3.13. The van der Waals surface area contributed by atoms with E-state index in [2.05, 4.69) is 14.7 Å². The number of benzene rings is 2. The van der Waals surface area contributed by atoms with E-state index in [1.54, 1.807) is 18.2 Å². The van der Waals surface area contributed by atoms with Gasteiger partial charge in [0.2, 0.25) is 5.95 Å². The summed E-state index contributed by atoms with van der Waals surface area (Å²) in [6.07, 6.45) is 3.35. The smallest absolute Gasteiger partial charge is 0.266 e. The number of anilines is 2.